The molecule has 1 aromatic carbocycles. The van der Waals surface area contributed by atoms with Crippen LogP contribution in [0.2, 0.25) is 0 Å². The molecule has 0 radical (unpaired) electrons. The number of amides is 2. The number of halogens is 6. The monoisotopic (exact) mass is 422 g/mol. The summed E-state index contributed by atoms with van der Waals surface area (Å²) in [7, 11) is 0. The number of aromatic nitrogens is 2. The summed E-state index contributed by atoms with van der Waals surface area (Å²) in [6, 6.07) is 3.10. The van der Waals surface area contributed by atoms with Gasteiger partial charge in [0.2, 0.25) is 5.91 Å². The van der Waals surface area contributed by atoms with E-state index in [1.54, 1.807) is 0 Å². The first kappa shape index (κ1) is 22.2. The van der Waals surface area contributed by atoms with Gasteiger partial charge >= 0.3 is 12.4 Å². The number of hydrogen-bond acceptors (Lipinski definition) is 3. The van der Waals surface area contributed by atoms with E-state index in [0.29, 0.717) is 18.3 Å². The van der Waals surface area contributed by atoms with Gasteiger partial charge in [-0.15, -0.1) is 0 Å². The number of rotatable bonds is 5. The molecule has 2 rings (SSSR count). The summed E-state index contributed by atoms with van der Waals surface area (Å²) in [6.45, 7) is 2.41. The molecule has 0 aliphatic rings. The molecule has 1 heterocycles. The lowest BCUT2D eigenvalue weighted by Gasteiger charge is -2.21. The van der Waals surface area contributed by atoms with Crippen molar-refractivity contribution in [3.8, 4) is 5.69 Å². The summed E-state index contributed by atoms with van der Waals surface area (Å²) in [5.74, 6) is -1.99. The summed E-state index contributed by atoms with van der Waals surface area (Å²) < 4.78 is 79.6. The first-order chi connectivity index (χ1) is 13.1. The Labute approximate surface area is 160 Å². The first-order valence-electron chi connectivity index (χ1n) is 8.05. The van der Waals surface area contributed by atoms with E-state index in [9.17, 15) is 35.9 Å². The highest BCUT2D eigenvalue weighted by atomic mass is 19.4. The zero-order chi connectivity index (χ0) is 22.2. The van der Waals surface area contributed by atoms with Crippen molar-refractivity contribution >= 4 is 11.8 Å². The molecular formula is C17H16F6N4O2. The molecule has 0 saturated carbocycles. The molecule has 29 heavy (non-hydrogen) atoms. The molecule has 0 aliphatic carbocycles. The highest BCUT2D eigenvalue weighted by Crippen LogP contribution is 2.35. The summed E-state index contributed by atoms with van der Waals surface area (Å²) >= 11 is 0. The Morgan fingerprint density at radius 3 is 2.24 bits per heavy atom. The third-order valence-corrected chi connectivity index (χ3v) is 4.06. The fourth-order valence-electron chi connectivity index (χ4n) is 2.28. The van der Waals surface area contributed by atoms with E-state index >= 15 is 0 Å². The summed E-state index contributed by atoms with van der Waals surface area (Å²) in [6.07, 6.45) is -9.28. The molecular weight excluding hydrogens is 406 g/mol. The number of hydrogen-bond donors (Lipinski definition) is 2. The van der Waals surface area contributed by atoms with Gasteiger partial charge in [0, 0.05) is 6.54 Å². The molecule has 0 unspecified atom stereocenters. The molecule has 0 fully saturated rings. The van der Waals surface area contributed by atoms with Crippen molar-refractivity contribution in [2.45, 2.75) is 26.2 Å². The molecule has 12 heteroatoms. The number of alkyl halides is 6. The molecule has 2 amide bonds. The lowest BCUT2D eigenvalue weighted by Crippen LogP contribution is -2.42. The fraction of sp³-hybridized carbons (Fsp3) is 0.353. The van der Waals surface area contributed by atoms with E-state index in [-0.39, 0.29) is 11.2 Å². The van der Waals surface area contributed by atoms with Crippen LogP contribution in [0.1, 0.15) is 35.5 Å². The van der Waals surface area contributed by atoms with E-state index in [4.69, 9.17) is 5.73 Å². The van der Waals surface area contributed by atoms with Crippen LogP contribution in [0, 0.1) is 5.41 Å². The normalized spacial score (nSPS) is 12.7. The first-order valence-corrected chi connectivity index (χ1v) is 8.05. The second-order valence-electron chi connectivity index (χ2n) is 6.80. The Bertz CT molecular complexity index is 931. The van der Waals surface area contributed by atoms with Crippen molar-refractivity contribution in [3.63, 3.8) is 0 Å². The molecule has 158 valence electrons. The van der Waals surface area contributed by atoms with Crippen molar-refractivity contribution in [2.75, 3.05) is 6.54 Å². The average Bonchev–Trinajstić information content (AvgIpc) is 3.04. The van der Waals surface area contributed by atoms with E-state index in [1.807, 2.05) is 0 Å². The molecule has 0 saturated heterocycles. The fourth-order valence-corrected chi connectivity index (χ4v) is 2.28. The Morgan fingerprint density at radius 1 is 1.10 bits per heavy atom. The topological polar surface area (TPSA) is 90.0 Å². The number of nitrogens with one attached hydrogen (secondary N) is 1. The van der Waals surface area contributed by atoms with Crippen LogP contribution in [0.5, 0.6) is 0 Å². The highest BCUT2D eigenvalue weighted by molar-refractivity contribution is 5.96. The molecule has 0 aliphatic heterocycles. The predicted molar refractivity (Wildman–Crippen MR) is 88.9 cm³/mol. The molecule has 0 spiro atoms. The summed E-state index contributed by atoms with van der Waals surface area (Å²) in [4.78, 5) is 23.5. The van der Waals surface area contributed by atoms with Crippen molar-refractivity contribution < 1.29 is 35.9 Å². The summed E-state index contributed by atoms with van der Waals surface area (Å²) in [5.41, 5.74) is -0.241. The van der Waals surface area contributed by atoms with Crippen LogP contribution >= 0.6 is 0 Å². The van der Waals surface area contributed by atoms with Gasteiger partial charge in [-0.05, 0) is 32.0 Å². The van der Waals surface area contributed by atoms with Gasteiger partial charge in [-0.3, -0.25) is 9.59 Å². The van der Waals surface area contributed by atoms with Crippen LogP contribution < -0.4 is 11.1 Å². The number of nitrogens with two attached hydrogens (primary N) is 1. The second-order valence-corrected chi connectivity index (χ2v) is 6.80. The smallest absolute Gasteiger partial charge is 0.369 e. The van der Waals surface area contributed by atoms with Gasteiger partial charge in [-0.1, -0.05) is 6.07 Å². The Kier molecular flexibility index (Phi) is 5.68. The van der Waals surface area contributed by atoms with Gasteiger partial charge in [0.25, 0.3) is 5.91 Å². The molecule has 2 aromatic rings. The lowest BCUT2D eigenvalue weighted by molar-refractivity contribution is -0.143. The van der Waals surface area contributed by atoms with Crippen LogP contribution in [0.25, 0.3) is 5.69 Å². The highest BCUT2D eigenvalue weighted by Gasteiger charge is 2.41. The Balaban J connectivity index is 2.47. The van der Waals surface area contributed by atoms with Crippen molar-refractivity contribution in [1.82, 2.24) is 15.1 Å². The van der Waals surface area contributed by atoms with Crippen molar-refractivity contribution in [3.05, 3.63) is 47.3 Å². The third-order valence-electron chi connectivity index (χ3n) is 4.06. The molecule has 0 atom stereocenters. The van der Waals surface area contributed by atoms with Gasteiger partial charge in [0.05, 0.1) is 28.4 Å². The maximum Gasteiger partial charge on any atom is 0.434 e. The van der Waals surface area contributed by atoms with E-state index in [2.05, 4.69) is 10.4 Å². The quantitative estimate of drug-likeness (QED) is 0.726. The van der Waals surface area contributed by atoms with Crippen molar-refractivity contribution in [2.24, 2.45) is 11.1 Å². The Morgan fingerprint density at radius 2 is 1.72 bits per heavy atom. The zero-order valence-corrected chi connectivity index (χ0v) is 15.1. The van der Waals surface area contributed by atoms with Gasteiger partial charge in [0.15, 0.2) is 5.69 Å². The SMILES string of the molecule is CC(C)(CNC(=O)c1cnn(-c2cccc(C(F)(F)F)c2)c1C(F)(F)F)C(N)=O. The maximum absolute atomic E-state index is 13.6. The van der Waals surface area contributed by atoms with Crippen LogP contribution in [0.15, 0.2) is 30.5 Å². The summed E-state index contributed by atoms with van der Waals surface area (Å²) in [5, 5.41) is 5.61. The van der Waals surface area contributed by atoms with Crippen LogP contribution in [-0.4, -0.2) is 28.1 Å². The van der Waals surface area contributed by atoms with Crippen LogP contribution in [0.3, 0.4) is 0 Å². The van der Waals surface area contributed by atoms with Crippen molar-refractivity contribution in [1.29, 1.82) is 0 Å². The molecule has 0 bridgehead atoms. The number of primary amides is 1. The average molecular weight is 422 g/mol. The number of nitrogens with zero attached hydrogens (tertiary/aromatic N) is 2. The number of carbonyl (C=O) groups excluding carboxylic acids is 2. The standard InChI is InChI=1S/C17H16F6N4O2/c1-15(2,14(24)29)8-25-13(28)11-7-26-27(12(11)17(21,22)23)10-5-3-4-9(6-10)16(18,19)20/h3-7H,8H2,1-2H3,(H2,24,29)(H,25,28). The predicted octanol–water partition coefficient (Wildman–Crippen LogP) is 3.15. The zero-order valence-electron chi connectivity index (χ0n) is 15.1. The minimum atomic E-state index is -5.10. The van der Waals surface area contributed by atoms with Gasteiger partial charge in [-0.2, -0.15) is 31.4 Å². The lowest BCUT2D eigenvalue weighted by atomic mass is 9.92. The molecule has 1 aromatic heterocycles. The number of benzene rings is 1. The number of carbonyl (C=O) groups is 2. The van der Waals surface area contributed by atoms with Gasteiger partial charge in [0.1, 0.15) is 0 Å². The van der Waals surface area contributed by atoms with Crippen LogP contribution in [0.4, 0.5) is 26.3 Å². The second kappa shape index (κ2) is 7.41. The largest absolute Gasteiger partial charge is 0.434 e. The molecule has 6 nitrogen and oxygen atoms in total. The van der Waals surface area contributed by atoms with Crippen LogP contribution in [-0.2, 0) is 17.1 Å². The van der Waals surface area contributed by atoms with Gasteiger partial charge < -0.3 is 11.1 Å². The molecule has 3 N–H and O–H groups in total. The minimum Gasteiger partial charge on any atom is -0.369 e. The third kappa shape index (κ3) is 4.87. The van der Waals surface area contributed by atoms with E-state index in [1.165, 1.54) is 13.8 Å². The van der Waals surface area contributed by atoms with E-state index in [0.717, 1.165) is 12.1 Å². The maximum atomic E-state index is 13.6. The van der Waals surface area contributed by atoms with Gasteiger partial charge in [-0.25, -0.2) is 4.68 Å². The minimum absolute atomic E-state index is 0.212. The van der Waals surface area contributed by atoms with E-state index < -0.39 is 52.1 Å². The Hall–Kier alpha value is -3.05.